The van der Waals surface area contributed by atoms with E-state index < -0.39 is 9.04 Å². The predicted octanol–water partition coefficient (Wildman–Crippen LogP) is 3.50. The largest absolute Gasteiger partial charge is 0.541 e. The van der Waals surface area contributed by atoms with Crippen molar-refractivity contribution >= 4 is 20.4 Å². The third-order valence-corrected chi connectivity index (χ3v) is 3.56. The maximum atomic E-state index is 5.90. The molecule has 0 unspecified atom stereocenters. The third-order valence-electron chi connectivity index (χ3n) is 2.93. The Kier molecular flexibility index (Phi) is 4.39. The molecule has 0 bridgehead atoms. The smallest absolute Gasteiger partial charge is 0.274 e. The molecule has 105 valence electrons. The molecule has 1 radical (unpaired) electrons. The molecule has 20 heavy (non-hydrogen) atoms. The Hall–Kier alpha value is -1.88. The van der Waals surface area contributed by atoms with Crippen LogP contribution in [-0.4, -0.2) is 24.3 Å². The van der Waals surface area contributed by atoms with Gasteiger partial charge in [-0.05, 0) is 39.1 Å². The highest BCUT2D eigenvalue weighted by Gasteiger charge is 2.10. The summed E-state index contributed by atoms with van der Waals surface area (Å²) in [6.45, 7) is 8.23. The summed E-state index contributed by atoms with van der Waals surface area (Å²) in [5.74, 6) is 0.852. The molecule has 0 fully saturated rings. The molecule has 5 heteroatoms. The Morgan fingerprint density at radius 1 is 1.30 bits per heavy atom. The zero-order valence-electron chi connectivity index (χ0n) is 12.6. The van der Waals surface area contributed by atoms with Crippen LogP contribution in [0.1, 0.15) is 18.3 Å². The standard InChI is InChI=1S/C15H20N3OSi/c1-11-15(18(3)10-16-11)12(2)17-13-8-6-7-9-14(13)19-20(4)5/h6-10H,1-5H3. The van der Waals surface area contributed by atoms with Gasteiger partial charge in [-0.1, -0.05) is 12.1 Å². The van der Waals surface area contributed by atoms with E-state index >= 15 is 0 Å². The summed E-state index contributed by atoms with van der Waals surface area (Å²) in [7, 11) is 1.18. The van der Waals surface area contributed by atoms with E-state index in [1.165, 1.54) is 0 Å². The summed E-state index contributed by atoms with van der Waals surface area (Å²) in [6.07, 6.45) is 1.81. The van der Waals surface area contributed by atoms with E-state index in [-0.39, 0.29) is 0 Å². The van der Waals surface area contributed by atoms with Crippen molar-refractivity contribution in [2.45, 2.75) is 26.9 Å². The monoisotopic (exact) mass is 286 g/mol. The number of rotatable bonds is 4. The molecule has 1 aromatic heterocycles. The lowest BCUT2D eigenvalue weighted by molar-refractivity contribution is 0.582. The zero-order chi connectivity index (χ0) is 14.7. The van der Waals surface area contributed by atoms with Crippen LogP contribution in [0.4, 0.5) is 5.69 Å². The number of imidazole rings is 1. The number of aliphatic imine (C=N–C) groups is 1. The van der Waals surface area contributed by atoms with Gasteiger partial charge in [0.15, 0.2) is 0 Å². The van der Waals surface area contributed by atoms with Crippen molar-refractivity contribution < 1.29 is 4.43 Å². The van der Waals surface area contributed by atoms with Crippen LogP contribution >= 0.6 is 0 Å². The van der Waals surface area contributed by atoms with Gasteiger partial charge in [-0.15, -0.1) is 0 Å². The number of para-hydroxylation sites is 2. The fraction of sp³-hybridized carbons (Fsp3) is 0.333. The van der Waals surface area contributed by atoms with E-state index in [1.807, 2.05) is 56.1 Å². The van der Waals surface area contributed by atoms with E-state index in [9.17, 15) is 0 Å². The first-order valence-electron chi connectivity index (χ1n) is 6.59. The molecule has 0 amide bonds. The normalized spacial score (nSPS) is 12.0. The SMILES string of the molecule is CC(=Nc1ccccc1O[Si](C)C)c1c(C)ncn1C. The van der Waals surface area contributed by atoms with Gasteiger partial charge in [0.25, 0.3) is 9.04 Å². The molecule has 0 aliphatic rings. The van der Waals surface area contributed by atoms with Gasteiger partial charge in [0, 0.05) is 7.05 Å². The number of hydrogen-bond acceptors (Lipinski definition) is 3. The quantitative estimate of drug-likeness (QED) is 0.637. The molecule has 0 atom stereocenters. The van der Waals surface area contributed by atoms with Gasteiger partial charge >= 0.3 is 0 Å². The van der Waals surface area contributed by atoms with E-state index in [0.29, 0.717) is 0 Å². The third kappa shape index (κ3) is 3.16. The molecule has 0 spiro atoms. The second-order valence-electron chi connectivity index (χ2n) is 4.96. The van der Waals surface area contributed by atoms with Gasteiger partial charge in [-0.25, -0.2) is 9.98 Å². The molecule has 1 heterocycles. The fourth-order valence-electron chi connectivity index (χ4n) is 2.15. The summed E-state index contributed by atoms with van der Waals surface area (Å²) >= 11 is 0. The number of hydrogen-bond donors (Lipinski definition) is 0. The Morgan fingerprint density at radius 2 is 2.00 bits per heavy atom. The zero-order valence-corrected chi connectivity index (χ0v) is 13.6. The molecular weight excluding hydrogens is 266 g/mol. The first-order chi connectivity index (χ1) is 9.49. The van der Waals surface area contributed by atoms with Crippen molar-refractivity contribution in [3.63, 3.8) is 0 Å². The topological polar surface area (TPSA) is 39.4 Å². The van der Waals surface area contributed by atoms with E-state index in [0.717, 1.165) is 28.5 Å². The minimum absolute atomic E-state index is 0.800. The van der Waals surface area contributed by atoms with Crippen LogP contribution < -0.4 is 4.43 Å². The van der Waals surface area contributed by atoms with Gasteiger partial charge < -0.3 is 8.99 Å². The molecule has 0 N–H and O–H groups in total. The Morgan fingerprint density at radius 3 is 2.60 bits per heavy atom. The van der Waals surface area contributed by atoms with Gasteiger partial charge in [0.1, 0.15) is 11.4 Å². The van der Waals surface area contributed by atoms with Gasteiger partial charge in [-0.2, -0.15) is 0 Å². The first kappa shape index (κ1) is 14.5. The Balaban J connectivity index is 2.40. The minimum Gasteiger partial charge on any atom is -0.541 e. The van der Waals surface area contributed by atoms with Gasteiger partial charge in [-0.3, -0.25) is 0 Å². The summed E-state index contributed by atoms with van der Waals surface area (Å²) in [5.41, 5.74) is 3.86. The molecule has 0 aliphatic carbocycles. The van der Waals surface area contributed by atoms with Crippen molar-refractivity contribution in [2.24, 2.45) is 12.0 Å². The van der Waals surface area contributed by atoms with Gasteiger partial charge in [0.2, 0.25) is 0 Å². The molecule has 0 saturated heterocycles. The van der Waals surface area contributed by atoms with Crippen molar-refractivity contribution in [3.05, 3.63) is 42.0 Å². The molecule has 4 nitrogen and oxygen atoms in total. The maximum Gasteiger partial charge on any atom is 0.274 e. The number of aromatic nitrogens is 2. The lowest BCUT2D eigenvalue weighted by Gasteiger charge is -2.11. The van der Waals surface area contributed by atoms with Crippen LogP contribution in [0.3, 0.4) is 0 Å². The van der Waals surface area contributed by atoms with Crippen molar-refractivity contribution in [1.29, 1.82) is 0 Å². The van der Waals surface area contributed by atoms with Crippen molar-refractivity contribution in [1.82, 2.24) is 9.55 Å². The van der Waals surface area contributed by atoms with E-state index in [1.54, 1.807) is 0 Å². The highest BCUT2D eigenvalue weighted by molar-refractivity contribution is 6.49. The molecule has 2 aromatic rings. The Bertz CT molecular complexity index is 612. The van der Waals surface area contributed by atoms with Crippen LogP contribution in [0.15, 0.2) is 35.6 Å². The summed E-state index contributed by atoms with van der Waals surface area (Å²) in [5, 5.41) is 0. The van der Waals surface area contributed by atoms with Crippen LogP contribution in [0, 0.1) is 6.92 Å². The highest BCUT2D eigenvalue weighted by atomic mass is 28.3. The second-order valence-corrected chi connectivity index (χ2v) is 6.99. The average molecular weight is 286 g/mol. The molecule has 1 aromatic carbocycles. The van der Waals surface area contributed by atoms with Crippen molar-refractivity contribution in [3.8, 4) is 5.75 Å². The Labute approximate surface area is 121 Å². The second kappa shape index (κ2) is 6.05. The van der Waals surface area contributed by atoms with Crippen LogP contribution in [0.25, 0.3) is 0 Å². The maximum absolute atomic E-state index is 5.90. The minimum atomic E-state index is -0.800. The molecular formula is C15H20N3OSi. The summed E-state index contributed by atoms with van der Waals surface area (Å²) in [6, 6.07) is 7.91. The summed E-state index contributed by atoms with van der Waals surface area (Å²) in [4.78, 5) is 9.03. The lowest BCUT2D eigenvalue weighted by atomic mass is 10.2. The fourth-order valence-corrected chi connectivity index (χ4v) is 2.77. The average Bonchev–Trinajstić information content (AvgIpc) is 2.71. The van der Waals surface area contributed by atoms with Gasteiger partial charge in [0.05, 0.1) is 23.4 Å². The summed E-state index contributed by atoms with van der Waals surface area (Å²) < 4.78 is 7.89. The molecule has 0 saturated carbocycles. The highest BCUT2D eigenvalue weighted by Crippen LogP contribution is 2.28. The van der Waals surface area contributed by atoms with Crippen molar-refractivity contribution in [2.75, 3.05) is 0 Å². The number of benzene rings is 1. The molecule has 2 rings (SSSR count). The van der Waals surface area contributed by atoms with Crippen LogP contribution in [0.5, 0.6) is 5.75 Å². The van der Waals surface area contributed by atoms with Crippen LogP contribution in [-0.2, 0) is 7.05 Å². The molecule has 0 aliphatic heterocycles. The first-order valence-corrected chi connectivity index (χ1v) is 9.00. The lowest BCUT2D eigenvalue weighted by Crippen LogP contribution is -2.11. The number of nitrogens with zero attached hydrogens (tertiary/aromatic N) is 3. The van der Waals surface area contributed by atoms with Crippen LogP contribution in [0.2, 0.25) is 13.1 Å². The van der Waals surface area contributed by atoms with E-state index in [2.05, 4.69) is 18.1 Å². The number of aryl methyl sites for hydroxylation is 2. The van der Waals surface area contributed by atoms with E-state index in [4.69, 9.17) is 9.42 Å². The predicted molar refractivity (Wildman–Crippen MR) is 84.4 cm³/mol.